The summed E-state index contributed by atoms with van der Waals surface area (Å²) >= 11 is 0. The number of hydrazone groups is 1. The third-order valence-corrected chi connectivity index (χ3v) is 4.50. The summed E-state index contributed by atoms with van der Waals surface area (Å²) in [6.07, 6.45) is 1.48. The molecule has 0 saturated heterocycles. The highest BCUT2D eigenvalue weighted by Crippen LogP contribution is 2.28. The average molecular weight is 448 g/mol. The lowest BCUT2D eigenvalue weighted by Gasteiger charge is -2.09. The molecule has 1 amide bonds. The lowest BCUT2D eigenvalue weighted by Crippen LogP contribution is -2.24. The Bertz CT molecular complexity index is 1120. The molecule has 3 rings (SSSR count). The quantitative estimate of drug-likeness (QED) is 0.232. The smallest absolute Gasteiger partial charge is 0.343 e. The van der Waals surface area contributed by atoms with Crippen LogP contribution in [0.1, 0.15) is 21.5 Å². The molecule has 170 valence electrons. The van der Waals surface area contributed by atoms with Crippen molar-refractivity contribution in [2.24, 2.45) is 5.10 Å². The molecule has 0 aliphatic heterocycles. The van der Waals surface area contributed by atoms with E-state index in [0.717, 1.165) is 5.56 Å². The summed E-state index contributed by atoms with van der Waals surface area (Å²) in [6, 6.07) is 18.8. The van der Waals surface area contributed by atoms with Gasteiger partial charge in [-0.25, -0.2) is 10.2 Å². The molecule has 8 heteroatoms. The minimum Gasteiger partial charge on any atom is -0.493 e. The van der Waals surface area contributed by atoms with Crippen molar-refractivity contribution >= 4 is 18.1 Å². The van der Waals surface area contributed by atoms with Gasteiger partial charge >= 0.3 is 5.97 Å². The first kappa shape index (κ1) is 23.3. The van der Waals surface area contributed by atoms with Gasteiger partial charge in [0.1, 0.15) is 11.5 Å². The van der Waals surface area contributed by atoms with E-state index in [1.165, 1.54) is 20.4 Å². The van der Waals surface area contributed by atoms with E-state index < -0.39 is 5.97 Å². The Kier molecular flexibility index (Phi) is 8.02. The van der Waals surface area contributed by atoms with Crippen molar-refractivity contribution in [3.63, 3.8) is 0 Å². The van der Waals surface area contributed by atoms with Crippen molar-refractivity contribution < 1.29 is 28.5 Å². The van der Waals surface area contributed by atoms with Crippen molar-refractivity contribution in [3.05, 3.63) is 83.4 Å². The SMILES string of the molecule is COc1ccc(C(=O)Oc2ccc(/C=N/NC(=O)COc3ccc(C)cc3)cc2)cc1OC. The van der Waals surface area contributed by atoms with Gasteiger partial charge in [0.2, 0.25) is 0 Å². The van der Waals surface area contributed by atoms with Crippen molar-refractivity contribution in [1.82, 2.24) is 5.43 Å². The summed E-state index contributed by atoms with van der Waals surface area (Å²) in [7, 11) is 3.01. The Morgan fingerprint density at radius 1 is 0.879 bits per heavy atom. The number of amides is 1. The number of ether oxygens (including phenoxy) is 4. The van der Waals surface area contributed by atoms with Crippen LogP contribution in [0.4, 0.5) is 0 Å². The Balaban J connectivity index is 1.49. The Labute approximate surface area is 191 Å². The van der Waals surface area contributed by atoms with E-state index in [0.29, 0.717) is 34.1 Å². The zero-order chi connectivity index (χ0) is 23.6. The van der Waals surface area contributed by atoms with Gasteiger partial charge in [0.15, 0.2) is 18.1 Å². The molecule has 0 bridgehead atoms. The molecular weight excluding hydrogens is 424 g/mol. The second-order valence-corrected chi connectivity index (χ2v) is 6.92. The van der Waals surface area contributed by atoms with Gasteiger partial charge in [-0.2, -0.15) is 5.10 Å². The van der Waals surface area contributed by atoms with E-state index in [4.69, 9.17) is 18.9 Å². The Morgan fingerprint density at radius 2 is 1.55 bits per heavy atom. The summed E-state index contributed by atoms with van der Waals surface area (Å²) in [5.74, 6) is 1.02. The van der Waals surface area contributed by atoms with Gasteiger partial charge in [-0.15, -0.1) is 0 Å². The van der Waals surface area contributed by atoms with Gasteiger partial charge in [-0.05, 0) is 67.1 Å². The molecule has 0 radical (unpaired) electrons. The highest BCUT2D eigenvalue weighted by Gasteiger charge is 2.13. The minimum absolute atomic E-state index is 0.147. The van der Waals surface area contributed by atoms with Crippen LogP contribution in [0, 0.1) is 6.92 Å². The average Bonchev–Trinajstić information content (AvgIpc) is 2.84. The molecule has 0 heterocycles. The number of rotatable bonds is 9. The maximum Gasteiger partial charge on any atom is 0.343 e. The molecular formula is C25H24N2O6. The van der Waals surface area contributed by atoms with Crippen molar-refractivity contribution in [2.75, 3.05) is 20.8 Å². The number of nitrogens with one attached hydrogen (secondary N) is 1. The summed E-state index contributed by atoms with van der Waals surface area (Å²) in [6.45, 7) is 1.82. The van der Waals surface area contributed by atoms with Crippen LogP contribution in [0.3, 0.4) is 0 Å². The largest absolute Gasteiger partial charge is 0.493 e. The van der Waals surface area contributed by atoms with E-state index in [9.17, 15) is 9.59 Å². The number of benzene rings is 3. The zero-order valence-corrected chi connectivity index (χ0v) is 18.5. The molecule has 8 nitrogen and oxygen atoms in total. The fourth-order valence-electron chi connectivity index (χ4n) is 2.75. The van der Waals surface area contributed by atoms with E-state index in [1.54, 1.807) is 54.6 Å². The Morgan fingerprint density at radius 3 is 2.21 bits per heavy atom. The fourth-order valence-corrected chi connectivity index (χ4v) is 2.75. The molecule has 0 aliphatic rings. The predicted octanol–water partition coefficient (Wildman–Crippen LogP) is 3.76. The first-order valence-corrected chi connectivity index (χ1v) is 10.0. The lowest BCUT2D eigenvalue weighted by atomic mass is 10.2. The zero-order valence-electron chi connectivity index (χ0n) is 18.5. The first-order chi connectivity index (χ1) is 16.0. The van der Waals surface area contributed by atoms with Gasteiger partial charge < -0.3 is 18.9 Å². The van der Waals surface area contributed by atoms with Crippen LogP contribution >= 0.6 is 0 Å². The second-order valence-electron chi connectivity index (χ2n) is 6.92. The third-order valence-electron chi connectivity index (χ3n) is 4.50. The first-order valence-electron chi connectivity index (χ1n) is 10.0. The van der Waals surface area contributed by atoms with Crippen molar-refractivity contribution in [3.8, 4) is 23.0 Å². The molecule has 0 fully saturated rings. The highest BCUT2D eigenvalue weighted by atomic mass is 16.5. The molecule has 0 aliphatic carbocycles. The van der Waals surface area contributed by atoms with Crippen LogP contribution in [0.5, 0.6) is 23.0 Å². The lowest BCUT2D eigenvalue weighted by molar-refractivity contribution is -0.123. The number of hydrogen-bond donors (Lipinski definition) is 1. The van der Waals surface area contributed by atoms with Gasteiger partial charge in [-0.3, -0.25) is 4.79 Å². The molecule has 0 spiro atoms. The van der Waals surface area contributed by atoms with Gasteiger partial charge in [0.25, 0.3) is 5.91 Å². The van der Waals surface area contributed by atoms with Gasteiger partial charge in [0, 0.05) is 0 Å². The van der Waals surface area contributed by atoms with Crippen LogP contribution < -0.4 is 24.4 Å². The number of carbonyl (C=O) groups excluding carboxylic acids is 2. The monoisotopic (exact) mass is 448 g/mol. The molecule has 3 aromatic carbocycles. The van der Waals surface area contributed by atoms with Crippen LogP contribution in [0.25, 0.3) is 0 Å². The topological polar surface area (TPSA) is 95.5 Å². The van der Waals surface area contributed by atoms with E-state index in [-0.39, 0.29) is 12.5 Å². The molecule has 0 atom stereocenters. The maximum absolute atomic E-state index is 12.4. The maximum atomic E-state index is 12.4. The molecule has 0 unspecified atom stereocenters. The second kappa shape index (κ2) is 11.3. The summed E-state index contributed by atoms with van der Waals surface area (Å²) in [5.41, 5.74) is 4.55. The summed E-state index contributed by atoms with van der Waals surface area (Å²) in [4.78, 5) is 24.2. The van der Waals surface area contributed by atoms with Crippen molar-refractivity contribution in [1.29, 1.82) is 0 Å². The van der Waals surface area contributed by atoms with Crippen LogP contribution in [-0.4, -0.2) is 38.9 Å². The summed E-state index contributed by atoms with van der Waals surface area (Å²) < 4.78 is 21.1. The molecule has 33 heavy (non-hydrogen) atoms. The van der Waals surface area contributed by atoms with E-state index >= 15 is 0 Å². The molecule has 3 aromatic rings. The van der Waals surface area contributed by atoms with Gasteiger partial charge in [-0.1, -0.05) is 17.7 Å². The number of carbonyl (C=O) groups is 2. The normalized spacial score (nSPS) is 10.5. The van der Waals surface area contributed by atoms with Crippen LogP contribution in [0.15, 0.2) is 71.8 Å². The van der Waals surface area contributed by atoms with Crippen LogP contribution in [-0.2, 0) is 4.79 Å². The predicted molar refractivity (Wildman–Crippen MR) is 123 cm³/mol. The van der Waals surface area contributed by atoms with E-state index in [1.807, 2.05) is 19.1 Å². The number of methoxy groups -OCH3 is 2. The molecule has 0 aromatic heterocycles. The number of esters is 1. The van der Waals surface area contributed by atoms with Crippen LogP contribution in [0.2, 0.25) is 0 Å². The third kappa shape index (κ3) is 6.83. The molecule has 1 N–H and O–H groups in total. The number of nitrogens with zero attached hydrogens (tertiary/aromatic N) is 1. The highest BCUT2D eigenvalue weighted by molar-refractivity contribution is 5.92. The minimum atomic E-state index is -0.529. The fraction of sp³-hybridized carbons (Fsp3) is 0.160. The standard InChI is InChI=1S/C25H24N2O6/c1-17-4-9-20(10-5-17)32-16-24(28)27-26-15-18-6-11-21(12-7-18)33-25(29)19-8-13-22(30-2)23(14-19)31-3/h4-15H,16H2,1-3H3,(H,27,28)/b26-15+. The van der Waals surface area contributed by atoms with Crippen molar-refractivity contribution in [2.45, 2.75) is 6.92 Å². The van der Waals surface area contributed by atoms with Gasteiger partial charge in [0.05, 0.1) is 26.0 Å². The number of hydrogen-bond acceptors (Lipinski definition) is 7. The number of aryl methyl sites for hydroxylation is 1. The Hall–Kier alpha value is -4.33. The molecule has 0 saturated carbocycles. The van der Waals surface area contributed by atoms with E-state index in [2.05, 4.69) is 10.5 Å². The summed E-state index contributed by atoms with van der Waals surface area (Å²) in [5, 5.41) is 3.90.